The molecule has 1 unspecified atom stereocenters. The zero-order chi connectivity index (χ0) is 18.8. The average Bonchev–Trinajstić information content (AvgIpc) is 3.07. The van der Waals surface area contributed by atoms with E-state index in [0.717, 1.165) is 57.6 Å². The molecule has 8 heteroatoms. The van der Waals surface area contributed by atoms with Crippen molar-refractivity contribution in [2.45, 2.75) is 31.8 Å². The standard InChI is InChI=1S/C19H26F2N2O4/c20-15-9-17-18(10-16(15)21)27-14(12-26-17)11-22-4-1-13(2-5-22)3-6-23-7-8-25-19(23)24/h9-10,13-14,19,24H,1-8,11-12H2/t14-,19?/m0/s1. The largest absolute Gasteiger partial charge is 0.486 e. The fourth-order valence-electron chi connectivity index (χ4n) is 4.01. The van der Waals surface area contributed by atoms with Gasteiger partial charge in [0.1, 0.15) is 12.7 Å². The number of ether oxygens (including phenoxy) is 3. The SMILES string of the molecule is OC1OCCN1CCC1CCN(C[C@H]2COc3cc(F)c(F)cc3O2)CC1. The Morgan fingerprint density at radius 3 is 2.52 bits per heavy atom. The zero-order valence-electron chi connectivity index (χ0n) is 15.3. The monoisotopic (exact) mass is 384 g/mol. The van der Waals surface area contributed by atoms with Gasteiger partial charge in [0.2, 0.25) is 6.41 Å². The Hall–Kier alpha value is -1.48. The first-order chi connectivity index (χ1) is 13.1. The van der Waals surface area contributed by atoms with E-state index in [1.807, 2.05) is 4.90 Å². The van der Waals surface area contributed by atoms with Gasteiger partial charge < -0.3 is 19.3 Å². The van der Waals surface area contributed by atoms with E-state index >= 15 is 0 Å². The lowest BCUT2D eigenvalue weighted by atomic mass is 9.93. The summed E-state index contributed by atoms with van der Waals surface area (Å²) in [5, 5.41) is 9.67. The maximum atomic E-state index is 13.4. The number of hydrogen-bond donors (Lipinski definition) is 1. The predicted molar refractivity (Wildman–Crippen MR) is 93.6 cm³/mol. The number of aliphatic hydroxyl groups excluding tert-OH is 1. The summed E-state index contributed by atoms with van der Waals surface area (Å²) in [6.07, 6.45) is 2.35. The molecule has 0 saturated carbocycles. The number of halogens is 2. The van der Waals surface area contributed by atoms with Gasteiger partial charge in [0.15, 0.2) is 23.1 Å². The van der Waals surface area contributed by atoms with Gasteiger partial charge >= 0.3 is 0 Å². The first kappa shape index (κ1) is 18.9. The van der Waals surface area contributed by atoms with Crippen molar-refractivity contribution in [3.8, 4) is 11.5 Å². The van der Waals surface area contributed by atoms with Crippen LogP contribution in [0.2, 0.25) is 0 Å². The van der Waals surface area contributed by atoms with Gasteiger partial charge in [-0.3, -0.25) is 9.80 Å². The van der Waals surface area contributed by atoms with E-state index in [4.69, 9.17) is 14.2 Å². The molecule has 0 aromatic heterocycles. The van der Waals surface area contributed by atoms with Crippen LogP contribution in [-0.4, -0.2) is 73.4 Å². The molecule has 2 saturated heterocycles. The van der Waals surface area contributed by atoms with Crippen LogP contribution in [0.1, 0.15) is 19.3 Å². The molecule has 3 heterocycles. The highest BCUT2D eigenvalue weighted by Crippen LogP contribution is 2.34. The van der Waals surface area contributed by atoms with E-state index < -0.39 is 18.0 Å². The van der Waals surface area contributed by atoms with E-state index in [0.29, 0.717) is 25.7 Å². The van der Waals surface area contributed by atoms with Gasteiger partial charge in [0.25, 0.3) is 0 Å². The quantitative estimate of drug-likeness (QED) is 0.836. The Kier molecular flexibility index (Phi) is 5.77. The molecule has 3 aliphatic rings. The van der Waals surface area contributed by atoms with Crippen molar-refractivity contribution in [1.82, 2.24) is 9.80 Å². The minimum atomic E-state index is -0.925. The summed E-state index contributed by atoms with van der Waals surface area (Å²) in [7, 11) is 0. The predicted octanol–water partition coefficient (Wildman–Crippen LogP) is 1.81. The van der Waals surface area contributed by atoms with Gasteiger partial charge in [-0.1, -0.05) is 0 Å². The van der Waals surface area contributed by atoms with Gasteiger partial charge in [0, 0.05) is 31.8 Å². The second-order valence-electron chi connectivity index (χ2n) is 7.53. The third kappa shape index (κ3) is 4.51. The number of fused-ring (bicyclic) bond motifs is 1. The molecule has 150 valence electrons. The van der Waals surface area contributed by atoms with Gasteiger partial charge in [0.05, 0.1) is 6.61 Å². The van der Waals surface area contributed by atoms with Crippen molar-refractivity contribution in [2.75, 3.05) is 45.9 Å². The Balaban J connectivity index is 1.21. The van der Waals surface area contributed by atoms with Gasteiger partial charge in [-0.15, -0.1) is 0 Å². The topological polar surface area (TPSA) is 54.4 Å². The molecule has 0 amide bonds. The van der Waals surface area contributed by atoms with Crippen molar-refractivity contribution in [1.29, 1.82) is 0 Å². The molecule has 1 aromatic rings. The van der Waals surface area contributed by atoms with Crippen LogP contribution in [0.15, 0.2) is 12.1 Å². The van der Waals surface area contributed by atoms with Crippen molar-refractivity contribution >= 4 is 0 Å². The highest BCUT2D eigenvalue weighted by Gasteiger charge is 2.28. The van der Waals surface area contributed by atoms with Crippen LogP contribution >= 0.6 is 0 Å². The summed E-state index contributed by atoms with van der Waals surface area (Å²) < 4.78 is 43.1. The lowest BCUT2D eigenvalue weighted by molar-refractivity contribution is -0.134. The normalized spacial score (nSPS) is 27.2. The Labute approximate surface area is 157 Å². The maximum absolute atomic E-state index is 13.4. The summed E-state index contributed by atoms with van der Waals surface area (Å²) in [6, 6.07) is 2.09. The summed E-state index contributed by atoms with van der Waals surface area (Å²) in [5.74, 6) is -0.669. The molecule has 6 nitrogen and oxygen atoms in total. The molecule has 2 atom stereocenters. The molecule has 0 aliphatic carbocycles. The van der Waals surface area contributed by atoms with Crippen LogP contribution in [0.4, 0.5) is 8.78 Å². The van der Waals surface area contributed by atoms with Crippen LogP contribution in [0, 0.1) is 17.6 Å². The lowest BCUT2D eigenvalue weighted by Gasteiger charge is -2.36. The van der Waals surface area contributed by atoms with E-state index in [1.165, 1.54) is 0 Å². The first-order valence-electron chi connectivity index (χ1n) is 9.63. The van der Waals surface area contributed by atoms with Gasteiger partial charge in [-0.25, -0.2) is 8.78 Å². The number of piperidine rings is 1. The first-order valence-corrected chi connectivity index (χ1v) is 9.63. The maximum Gasteiger partial charge on any atom is 0.216 e. The fourth-order valence-corrected chi connectivity index (χ4v) is 4.01. The lowest BCUT2D eigenvalue weighted by Crippen LogP contribution is -2.44. The van der Waals surface area contributed by atoms with Crippen molar-refractivity contribution in [3.05, 3.63) is 23.8 Å². The molecular formula is C19H26F2N2O4. The number of benzene rings is 1. The highest BCUT2D eigenvalue weighted by atomic mass is 19.2. The fraction of sp³-hybridized carbons (Fsp3) is 0.684. The smallest absolute Gasteiger partial charge is 0.216 e. The Bertz CT molecular complexity index is 655. The minimum absolute atomic E-state index is 0.184. The van der Waals surface area contributed by atoms with Crippen LogP contribution in [0.3, 0.4) is 0 Å². The van der Waals surface area contributed by atoms with E-state index in [9.17, 15) is 13.9 Å². The second kappa shape index (κ2) is 8.26. The van der Waals surface area contributed by atoms with Crippen molar-refractivity contribution in [3.63, 3.8) is 0 Å². The minimum Gasteiger partial charge on any atom is -0.486 e. The number of hydrogen-bond acceptors (Lipinski definition) is 6. The molecule has 2 fully saturated rings. The number of likely N-dealkylation sites (tertiary alicyclic amines) is 1. The van der Waals surface area contributed by atoms with Crippen LogP contribution in [0.25, 0.3) is 0 Å². The zero-order valence-corrected chi connectivity index (χ0v) is 15.3. The van der Waals surface area contributed by atoms with E-state index in [2.05, 4.69) is 4.90 Å². The van der Waals surface area contributed by atoms with Crippen LogP contribution < -0.4 is 9.47 Å². The van der Waals surface area contributed by atoms with E-state index in [-0.39, 0.29) is 17.6 Å². The van der Waals surface area contributed by atoms with Crippen LogP contribution in [-0.2, 0) is 4.74 Å². The van der Waals surface area contributed by atoms with Crippen LogP contribution in [0.5, 0.6) is 11.5 Å². The number of rotatable bonds is 5. The van der Waals surface area contributed by atoms with Gasteiger partial charge in [-0.05, 0) is 38.3 Å². The average molecular weight is 384 g/mol. The molecule has 4 rings (SSSR count). The van der Waals surface area contributed by atoms with E-state index in [1.54, 1.807) is 0 Å². The highest BCUT2D eigenvalue weighted by molar-refractivity contribution is 5.42. The summed E-state index contributed by atoms with van der Waals surface area (Å²) in [6.45, 7) is 5.27. The third-order valence-electron chi connectivity index (χ3n) is 5.66. The molecule has 0 bridgehead atoms. The van der Waals surface area contributed by atoms with Crippen molar-refractivity contribution < 1.29 is 28.1 Å². The third-order valence-corrected chi connectivity index (χ3v) is 5.66. The molecular weight excluding hydrogens is 358 g/mol. The summed E-state index contributed by atoms with van der Waals surface area (Å²) >= 11 is 0. The van der Waals surface area contributed by atoms with Crippen molar-refractivity contribution in [2.24, 2.45) is 5.92 Å². The summed E-state index contributed by atoms with van der Waals surface area (Å²) in [5.41, 5.74) is 0. The second-order valence-corrected chi connectivity index (χ2v) is 7.53. The Morgan fingerprint density at radius 1 is 1.07 bits per heavy atom. The van der Waals surface area contributed by atoms with Gasteiger partial charge in [-0.2, -0.15) is 0 Å². The molecule has 0 spiro atoms. The number of nitrogens with zero attached hydrogens (tertiary/aromatic N) is 2. The Morgan fingerprint density at radius 2 is 1.81 bits per heavy atom. The molecule has 0 radical (unpaired) electrons. The molecule has 27 heavy (non-hydrogen) atoms. The molecule has 1 aromatic carbocycles. The summed E-state index contributed by atoms with van der Waals surface area (Å²) in [4.78, 5) is 4.31. The molecule has 1 N–H and O–H groups in total. The molecule has 3 aliphatic heterocycles. The number of aliphatic hydroxyl groups is 1.